The molecule has 1 unspecified atom stereocenters. The van der Waals surface area contributed by atoms with E-state index in [1.165, 1.54) is 9.80 Å². The Morgan fingerprint density at radius 1 is 0.806 bits per heavy atom. The van der Waals surface area contributed by atoms with Crippen LogP contribution < -0.4 is 0 Å². The second kappa shape index (κ2) is 7.01. The fourth-order valence-electron chi connectivity index (χ4n) is 5.07. The third-order valence-corrected chi connectivity index (χ3v) is 6.72. The largest absolute Gasteiger partial charge is 0.274 e. The Morgan fingerprint density at radius 3 is 1.68 bits per heavy atom. The standard InChI is InChI=1S/C25H22N2O4/c1-2-13-25(16-11-12-16,27-23(30)19-9-5-6-10-20(19)24(27)31)14-15-26-21(28)17-7-3-4-8-18(17)22(26)29/h2-10,16H,1,11-15H2. The van der Waals surface area contributed by atoms with Gasteiger partial charge in [-0.3, -0.25) is 29.0 Å². The zero-order chi connectivity index (χ0) is 21.8. The first-order valence-electron chi connectivity index (χ1n) is 10.5. The molecule has 0 bridgehead atoms. The molecule has 31 heavy (non-hydrogen) atoms. The molecule has 2 aromatic rings. The van der Waals surface area contributed by atoms with Crippen molar-refractivity contribution in [2.75, 3.05) is 6.54 Å². The van der Waals surface area contributed by atoms with E-state index < -0.39 is 5.54 Å². The van der Waals surface area contributed by atoms with Gasteiger partial charge in [-0.2, -0.15) is 0 Å². The maximum Gasteiger partial charge on any atom is 0.262 e. The van der Waals surface area contributed by atoms with Gasteiger partial charge in [0.2, 0.25) is 0 Å². The van der Waals surface area contributed by atoms with Gasteiger partial charge >= 0.3 is 0 Å². The lowest BCUT2D eigenvalue weighted by molar-refractivity contribution is 0.0319. The minimum Gasteiger partial charge on any atom is -0.274 e. The Morgan fingerprint density at radius 2 is 1.26 bits per heavy atom. The third kappa shape index (κ3) is 2.78. The van der Waals surface area contributed by atoms with Gasteiger partial charge in [-0.25, -0.2) is 0 Å². The monoisotopic (exact) mass is 414 g/mol. The molecule has 2 aromatic carbocycles. The molecule has 0 spiro atoms. The summed E-state index contributed by atoms with van der Waals surface area (Å²) in [5.41, 5.74) is 0.803. The highest BCUT2D eigenvalue weighted by Crippen LogP contribution is 2.50. The van der Waals surface area contributed by atoms with Crippen LogP contribution >= 0.6 is 0 Å². The van der Waals surface area contributed by atoms with Gasteiger partial charge < -0.3 is 0 Å². The van der Waals surface area contributed by atoms with Crippen molar-refractivity contribution in [2.24, 2.45) is 5.92 Å². The summed E-state index contributed by atoms with van der Waals surface area (Å²) in [6.07, 6.45) is 4.27. The molecule has 0 N–H and O–H groups in total. The lowest BCUT2D eigenvalue weighted by atomic mass is 9.83. The van der Waals surface area contributed by atoms with Crippen molar-refractivity contribution in [3.63, 3.8) is 0 Å². The van der Waals surface area contributed by atoms with Gasteiger partial charge in [-0.05, 0) is 55.9 Å². The second-order valence-electron chi connectivity index (χ2n) is 8.42. The predicted molar refractivity (Wildman–Crippen MR) is 114 cm³/mol. The molecule has 1 atom stereocenters. The number of hydrogen-bond acceptors (Lipinski definition) is 4. The molecular weight excluding hydrogens is 392 g/mol. The minimum atomic E-state index is -0.801. The van der Waals surface area contributed by atoms with Crippen molar-refractivity contribution < 1.29 is 19.2 Å². The SMILES string of the molecule is C=CCC(CCN1C(=O)c2ccccc2C1=O)(C1CC1)N1C(=O)c2ccccc2C1=O. The van der Waals surface area contributed by atoms with E-state index in [1.807, 2.05) is 0 Å². The third-order valence-electron chi connectivity index (χ3n) is 6.72. The lowest BCUT2D eigenvalue weighted by Crippen LogP contribution is -2.55. The summed E-state index contributed by atoms with van der Waals surface area (Å²) in [6, 6.07) is 13.6. The van der Waals surface area contributed by atoms with Crippen molar-refractivity contribution in [3.05, 3.63) is 83.4 Å². The van der Waals surface area contributed by atoms with Crippen molar-refractivity contribution >= 4 is 23.6 Å². The maximum atomic E-state index is 13.3. The molecular formula is C25H22N2O4. The van der Waals surface area contributed by atoms with Crippen LogP contribution in [0.15, 0.2) is 61.2 Å². The van der Waals surface area contributed by atoms with Crippen LogP contribution in [0.3, 0.4) is 0 Å². The number of nitrogens with zero attached hydrogens (tertiary/aromatic N) is 2. The zero-order valence-corrected chi connectivity index (χ0v) is 17.0. The Bertz CT molecular complexity index is 1080. The molecule has 2 heterocycles. The van der Waals surface area contributed by atoms with Crippen LogP contribution in [-0.4, -0.2) is 45.5 Å². The van der Waals surface area contributed by atoms with E-state index in [-0.39, 0.29) is 36.1 Å². The fraction of sp³-hybridized carbons (Fsp3) is 0.280. The molecule has 0 aromatic heterocycles. The highest BCUT2D eigenvalue weighted by Gasteiger charge is 2.55. The van der Waals surface area contributed by atoms with E-state index in [9.17, 15) is 19.2 Å². The number of benzene rings is 2. The average Bonchev–Trinajstić information content (AvgIpc) is 3.57. The number of amides is 4. The first kappa shape index (κ1) is 19.4. The summed E-state index contributed by atoms with van der Waals surface area (Å²) < 4.78 is 0. The van der Waals surface area contributed by atoms with E-state index in [4.69, 9.17) is 0 Å². The smallest absolute Gasteiger partial charge is 0.262 e. The van der Waals surface area contributed by atoms with E-state index in [0.29, 0.717) is 35.1 Å². The maximum absolute atomic E-state index is 13.3. The molecule has 1 aliphatic carbocycles. The summed E-state index contributed by atoms with van der Waals surface area (Å²) in [6.45, 7) is 4.01. The Hall–Kier alpha value is -3.54. The van der Waals surface area contributed by atoms with Crippen LogP contribution in [0.25, 0.3) is 0 Å². The molecule has 6 nitrogen and oxygen atoms in total. The van der Waals surface area contributed by atoms with Crippen molar-refractivity contribution in [2.45, 2.75) is 31.2 Å². The summed E-state index contributed by atoms with van der Waals surface area (Å²) in [7, 11) is 0. The number of carbonyl (C=O) groups excluding carboxylic acids is 4. The molecule has 6 heteroatoms. The van der Waals surface area contributed by atoms with Gasteiger partial charge in [0.25, 0.3) is 23.6 Å². The Balaban J connectivity index is 1.48. The van der Waals surface area contributed by atoms with Gasteiger partial charge in [0.15, 0.2) is 0 Å². The van der Waals surface area contributed by atoms with Gasteiger partial charge in [0.05, 0.1) is 27.8 Å². The predicted octanol–water partition coefficient (Wildman–Crippen LogP) is 3.69. The number of rotatable bonds is 7. The average molecular weight is 414 g/mol. The quantitative estimate of drug-likeness (QED) is 0.512. The molecule has 1 fully saturated rings. The number of carbonyl (C=O) groups is 4. The second-order valence-corrected chi connectivity index (χ2v) is 8.42. The fourth-order valence-corrected chi connectivity index (χ4v) is 5.07. The van der Waals surface area contributed by atoms with E-state index in [1.54, 1.807) is 54.6 Å². The van der Waals surface area contributed by atoms with Gasteiger partial charge in [0.1, 0.15) is 0 Å². The first-order valence-corrected chi connectivity index (χ1v) is 10.5. The normalized spacial score (nSPS) is 19.5. The van der Waals surface area contributed by atoms with E-state index in [0.717, 1.165) is 12.8 Å². The molecule has 1 saturated carbocycles. The van der Waals surface area contributed by atoms with Crippen molar-refractivity contribution in [3.8, 4) is 0 Å². The lowest BCUT2D eigenvalue weighted by Gasteiger charge is -2.41. The number of hydrogen-bond donors (Lipinski definition) is 0. The van der Waals surface area contributed by atoms with Gasteiger partial charge in [-0.15, -0.1) is 6.58 Å². The highest BCUT2D eigenvalue weighted by atomic mass is 16.2. The van der Waals surface area contributed by atoms with Crippen LogP contribution in [0.5, 0.6) is 0 Å². The summed E-state index contributed by atoms with van der Waals surface area (Å²) in [5.74, 6) is -1.14. The van der Waals surface area contributed by atoms with Crippen LogP contribution in [0.2, 0.25) is 0 Å². The zero-order valence-electron chi connectivity index (χ0n) is 17.0. The number of fused-ring (bicyclic) bond motifs is 2. The highest BCUT2D eigenvalue weighted by molar-refractivity contribution is 6.22. The molecule has 5 rings (SSSR count). The molecule has 2 aliphatic heterocycles. The summed E-state index contributed by atoms with van der Waals surface area (Å²) in [4.78, 5) is 54.9. The van der Waals surface area contributed by atoms with Gasteiger partial charge in [0, 0.05) is 6.54 Å². The molecule has 0 radical (unpaired) electrons. The Kier molecular flexibility index (Phi) is 4.39. The minimum absolute atomic E-state index is 0.128. The van der Waals surface area contributed by atoms with Crippen molar-refractivity contribution in [1.82, 2.24) is 9.80 Å². The van der Waals surface area contributed by atoms with Gasteiger partial charge in [-0.1, -0.05) is 30.3 Å². The van der Waals surface area contributed by atoms with Crippen molar-refractivity contribution in [1.29, 1.82) is 0 Å². The van der Waals surface area contributed by atoms with Crippen LogP contribution in [0.4, 0.5) is 0 Å². The van der Waals surface area contributed by atoms with E-state index >= 15 is 0 Å². The Labute approximate surface area is 180 Å². The van der Waals surface area contributed by atoms with Crippen LogP contribution in [0.1, 0.15) is 67.1 Å². The molecule has 3 aliphatic rings. The number of imide groups is 2. The summed E-state index contributed by atoms with van der Waals surface area (Å²) in [5, 5.41) is 0. The van der Waals surface area contributed by atoms with Crippen LogP contribution in [0, 0.1) is 5.92 Å². The molecule has 156 valence electrons. The topological polar surface area (TPSA) is 74.8 Å². The van der Waals surface area contributed by atoms with Crippen LogP contribution in [-0.2, 0) is 0 Å². The summed E-state index contributed by atoms with van der Waals surface area (Å²) >= 11 is 0. The molecule has 4 amide bonds. The first-order chi connectivity index (χ1) is 15.0. The molecule has 0 saturated heterocycles. The van der Waals surface area contributed by atoms with E-state index in [2.05, 4.69) is 6.58 Å².